The summed E-state index contributed by atoms with van der Waals surface area (Å²) < 4.78 is 2.12. The van der Waals surface area contributed by atoms with E-state index in [1.54, 1.807) is 6.07 Å². The summed E-state index contributed by atoms with van der Waals surface area (Å²) in [5.74, 6) is 0. The molecular weight excluding hydrogens is 318 g/mol. The van der Waals surface area contributed by atoms with E-state index >= 15 is 0 Å². The number of nitrogens with one attached hydrogen (secondary N) is 1. The van der Waals surface area contributed by atoms with Crippen molar-refractivity contribution in [1.29, 1.82) is 0 Å². The van der Waals surface area contributed by atoms with Crippen molar-refractivity contribution in [1.82, 2.24) is 14.8 Å². The number of aromatic amines is 1. The minimum Gasteiger partial charge on any atom is -0.346 e. The Balaban J connectivity index is 1.94. The summed E-state index contributed by atoms with van der Waals surface area (Å²) in [7, 11) is 2.02. The molecule has 0 radical (unpaired) electrons. The Hall–Kier alpha value is -2.53. The third kappa shape index (κ3) is 3.21. The zero-order valence-corrected chi connectivity index (χ0v) is 14.8. The second-order valence-corrected chi connectivity index (χ2v) is 6.42. The predicted octanol–water partition coefficient (Wildman–Crippen LogP) is 3.08. The van der Waals surface area contributed by atoms with Gasteiger partial charge in [0.2, 0.25) is 0 Å². The molecule has 0 fully saturated rings. The fraction of sp³-hybridized carbons (Fsp3) is 0.211. The van der Waals surface area contributed by atoms with Crippen molar-refractivity contribution in [2.45, 2.75) is 20.3 Å². The Bertz CT molecular complexity index is 931. The number of nitrogens with zero attached hydrogens (tertiary/aromatic N) is 2. The van der Waals surface area contributed by atoms with Crippen LogP contribution in [0.2, 0.25) is 0 Å². The van der Waals surface area contributed by atoms with E-state index in [4.69, 9.17) is 12.2 Å². The third-order valence-electron chi connectivity index (χ3n) is 4.15. The van der Waals surface area contributed by atoms with Gasteiger partial charge < -0.3 is 4.57 Å². The number of thiocarbonyl (C=S) groups is 1. The largest absolute Gasteiger partial charge is 0.346 e. The fourth-order valence-corrected chi connectivity index (χ4v) is 3.26. The van der Waals surface area contributed by atoms with Crippen LogP contribution in [0.3, 0.4) is 0 Å². The maximum Gasteiger partial charge on any atom is 0.264 e. The Labute approximate surface area is 146 Å². The summed E-state index contributed by atoms with van der Waals surface area (Å²) in [4.78, 5) is 12.0. The predicted molar refractivity (Wildman–Crippen MR) is 99.8 cm³/mol. The molecule has 0 amide bonds. The van der Waals surface area contributed by atoms with Gasteiger partial charge in [0.1, 0.15) is 0 Å². The second kappa shape index (κ2) is 6.53. The zero-order valence-electron chi connectivity index (χ0n) is 14.0. The summed E-state index contributed by atoms with van der Waals surface area (Å²) in [6.45, 7) is 4.13. The number of rotatable bonds is 4. The van der Waals surface area contributed by atoms with Crippen LogP contribution >= 0.6 is 12.2 Å². The van der Waals surface area contributed by atoms with E-state index in [0.29, 0.717) is 6.42 Å². The molecule has 24 heavy (non-hydrogen) atoms. The minimum absolute atomic E-state index is 0.192. The number of hydrogen-bond acceptors (Lipinski definition) is 3. The highest BCUT2D eigenvalue weighted by atomic mass is 32.1. The molecule has 0 atom stereocenters. The van der Waals surface area contributed by atoms with Crippen molar-refractivity contribution in [3.05, 3.63) is 86.6 Å². The number of hydrogen-bond donors (Lipinski definition) is 1. The lowest BCUT2D eigenvalue weighted by Crippen LogP contribution is -2.11. The Morgan fingerprint density at radius 3 is 2.50 bits per heavy atom. The zero-order chi connectivity index (χ0) is 17.3. The van der Waals surface area contributed by atoms with Gasteiger partial charge in [-0.15, -0.1) is 0 Å². The van der Waals surface area contributed by atoms with E-state index in [1.165, 1.54) is 11.6 Å². The molecule has 5 heteroatoms. The van der Waals surface area contributed by atoms with Crippen LogP contribution in [-0.2, 0) is 13.5 Å². The average molecular weight is 337 g/mol. The van der Waals surface area contributed by atoms with Crippen LogP contribution < -0.4 is 5.56 Å². The Kier molecular flexibility index (Phi) is 4.44. The summed E-state index contributed by atoms with van der Waals surface area (Å²) in [6, 6.07) is 13.6. The van der Waals surface area contributed by atoms with Crippen molar-refractivity contribution in [3.63, 3.8) is 0 Å². The summed E-state index contributed by atoms with van der Waals surface area (Å²) in [5, 5.41) is 6.56. The normalized spacial score (nSPS) is 10.8. The highest BCUT2D eigenvalue weighted by Gasteiger charge is 2.15. The van der Waals surface area contributed by atoms with Crippen LogP contribution in [-0.4, -0.2) is 19.6 Å². The van der Waals surface area contributed by atoms with Crippen molar-refractivity contribution >= 4 is 17.1 Å². The van der Waals surface area contributed by atoms with Gasteiger partial charge in [0.25, 0.3) is 5.56 Å². The lowest BCUT2D eigenvalue weighted by Gasteiger charge is -2.10. The van der Waals surface area contributed by atoms with Crippen LogP contribution in [0.1, 0.15) is 33.8 Å². The minimum atomic E-state index is -0.192. The molecule has 3 aromatic rings. The molecule has 1 N–H and O–H groups in total. The summed E-state index contributed by atoms with van der Waals surface area (Å²) >= 11 is 5.72. The first-order valence-corrected chi connectivity index (χ1v) is 8.17. The first-order chi connectivity index (χ1) is 11.5. The van der Waals surface area contributed by atoms with E-state index in [9.17, 15) is 4.79 Å². The van der Waals surface area contributed by atoms with Crippen molar-refractivity contribution in [2.75, 3.05) is 0 Å². The summed E-state index contributed by atoms with van der Waals surface area (Å²) in [6.07, 6.45) is 0.643. The molecule has 2 aromatic heterocycles. The second-order valence-electron chi connectivity index (χ2n) is 6.01. The average Bonchev–Trinajstić information content (AvgIpc) is 2.83. The van der Waals surface area contributed by atoms with Crippen molar-refractivity contribution in [3.8, 4) is 0 Å². The van der Waals surface area contributed by atoms with Gasteiger partial charge in [-0.25, -0.2) is 5.10 Å². The first-order valence-electron chi connectivity index (χ1n) is 7.77. The van der Waals surface area contributed by atoms with Crippen molar-refractivity contribution < 1.29 is 0 Å². The van der Waals surface area contributed by atoms with E-state index in [2.05, 4.69) is 58.9 Å². The topological polar surface area (TPSA) is 50.7 Å². The van der Waals surface area contributed by atoms with Gasteiger partial charge in [0, 0.05) is 25.2 Å². The lowest BCUT2D eigenvalue weighted by molar-refractivity contribution is 0.815. The fourth-order valence-electron chi connectivity index (χ4n) is 2.82. The smallest absolute Gasteiger partial charge is 0.264 e. The van der Waals surface area contributed by atoms with E-state index in [1.807, 2.05) is 7.05 Å². The van der Waals surface area contributed by atoms with Gasteiger partial charge in [-0.05, 0) is 37.1 Å². The molecule has 3 rings (SSSR count). The van der Waals surface area contributed by atoms with Crippen LogP contribution in [0.25, 0.3) is 0 Å². The molecule has 0 unspecified atom stereocenters. The molecule has 0 aliphatic rings. The highest BCUT2D eigenvalue weighted by molar-refractivity contribution is 7.81. The quantitative estimate of drug-likeness (QED) is 0.588. The summed E-state index contributed by atoms with van der Waals surface area (Å²) in [5.41, 5.74) is 6.20. The van der Waals surface area contributed by atoms with Crippen LogP contribution in [0, 0.1) is 13.8 Å². The van der Waals surface area contributed by atoms with E-state index in [0.717, 1.165) is 33.1 Å². The molecule has 1 aromatic carbocycles. The van der Waals surface area contributed by atoms with E-state index < -0.39 is 0 Å². The molecule has 4 nitrogen and oxygen atoms in total. The molecular formula is C19H19N3OS. The number of benzene rings is 1. The Morgan fingerprint density at radius 2 is 1.88 bits per heavy atom. The van der Waals surface area contributed by atoms with Crippen molar-refractivity contribution in [2.24, 2.45) is 7.05 Å². The SMILES string of the molecule is Cc1ccc(C(=S)c2c(C)cc(Cc3ccc(=O)[nH]n3)n2C)cc1. The standard InChI is InChI=1S/C19H19N3OS/c1-12-4-6-14(7-5-12)19(24)18-13(2)10-16(22(18)3)11-15-8-9-17(23)21-20-15/h4-10H,11H2,1-3H3,(H,21,23). The maximum absolute atomic E-state index is 11.1. The van der Waals surface area contributed by atoms with E-state index in [-0.39, 0.29) is 5.56 Å². The van der Waals surface area contributed by atoms with Gasteiger partial charge >= 0.3 is 0 Å². The van der Waals surface area contributed by atoms with Gasteiger partial charge in [0.15, 0.2) is 0 Å². The Morgan fingerprint density at radius 1 is 1.17 bits per heavy atom. The molecule has 0 saturated heterocycles. The lowest BCUT2D eigenvalue weighted by atomic mass is 10.1. The number of aryl methyl sites for hydroxylation is 2. The van der Waals surface area contributed by atoms with Gasteiger partial charge in [-0.3, -0.25) is 4.79 Å². The van der Waals surface area contributed by atoms with Gasteiger partial charge in [-0.1, -0.05) is 42.0 Å². The van der Waals surface area contributed by atoms with Crippen LogP contribution in [0.5, 0.6) is 0 Å². The monoisotopic (exact) mass is 337 g/mol. The number of aromatic nitrogens is 3. The first kappa shape index (κ1) is 16.3. The van der Waals surface area contributed by atoms with Gasteiger partial charge in [-0.2, -0.15) is 5.10 Å². The van der Waals surface area contributed by atoms with Crippen LogP contribution in [0.4, 0.5) is 0 Å². The molecule has 0 bridgehead atoms. The molecule has 0 saturated carbocycles. The molecule has 0 aliphatic carbocycles. The van der Waals surface area contributed by atoms with Gasteiger partial charge in [0.05, 0.1) is 16.3 Å². The number of H-pyrrole nitrogens is 1. The molecule has 2 heterocycles. The highest BCUT2D eigenvalue weighted by Crippen LogP contribution is 2.21. The van der Waals surface area contributed by atoms with Crippen LogP contribution in [0.15, 0.2) is 47.3 Å². The maximum atomic E-state index is 11.1. The third-order valence-corrected chi connectivity index (χ3v) is 4.58. The molecule has 122 valence electrons. The molecule has 0 aliphatic heterocycles. The molecule has 0 spiro atoms.